The number of rotatable bonds is 6. The van der Waals surface area contributed by atoms with E-state index in [-0.39, 0.29) is 42.2 Å². The first-order valence-electron chi connectivity index (χ1n) is 13.7. The second kappa shape index (κ2) is 11.3. The molecule has 41 heavy (non-hydrogen) atoms. The predicted octanol–water partition coefficient (Wildman–Crippen LogP) is 4.85. The van der Waals surface area contributed by atoms with E-state index in [1.54, 1.807) is 19.1 Å². The molecule has 0 spiro atoms. The van der Waals surface area contributed by atoms with Crippen molar-refractivity contribution in [3.05, 3.63) is 81.9 Å². The summed E-state index contributed by atoms with van der Waals surface area (Å²) in [6.45, 7) is 3.11. The number of amides is 2. The van der Waals surface area contributed by atoms with Crippen molar-refractivity contribution >= 4 is 11.8 Å². The van der Waals surface area contributed by atoms with Crippen LogP contribution in [0.1, 0.15) is 60.7 Å². The number of pyridine rings is 1. The quantitative estimate of drug-likeness (QED) is 0.417. The first-order chi connectivity index (χ1) is 20.3. The summed E-state index contributed by atoms with van der Waals surface area (Å²) < 4.78 is 108. The average molecular weight is 585 g/mol. The van der Waals surface area contributed by atoms with E-state index in [9.17, 15) is 35.9 Å². The average Bonchev–Trinajstić information content (AvgIpc) is 3.31. The van der Waals surface area contributed by atoms with Crippen molar-refractivity contribution in [1.29, 1.82) is 0 Å². The summed E-state index contributed by atoms with van der Waals surface area (Å²) in [5, 5.41) is 10.4. The van der Waals surface area contributed by atoms with Crippen LogP contribution in [0.2, 0.25) is 0 Å². The van der Waals surface area contributed by atoms with Gasteiger partial charge in [0, 0.05) is 12.7 Å². The van der Waals surface area contributed by atoms with Crippen LogP contribution in [-0.2, 0) is 23.6 Å². The molecule has 0 aliphatic carbocycles. The van der Waals surface area contributed by atoms with Crippen LogP contribution >= 0.6 is 0 Å². The van der Waals surface area contributed by atoms with Crippen LogP contribution in [0.5, 0.6) is 5.75 Å². The smallest absolute Gasteiger partial charge is 0.418 e. The summed E-state index contributed by atoms with van der Waals surface area (Å²) in [6, 6.07) is 5.39. The molecule has 218 valence electrons. The minimum atomic E-state index is -5.24. The molecule has 0 unspecified atom stereocenters. The Hall–Kier alpha value is -4.23. The third-order valence-electron chi connectivity index (χ3n) is 6.74. The van der Waals surface area contributed by atoms with Gasteiger partial charge in [0.05, 0.1) is 52.2 Å². The zero-order valence-electron chi connectivity index (χ0n) is 24.6. The van der Waals surface area contributed by atoms with E-state index in [1.807, 2.05) is 0 Å². The molecule has 2 aromatic heterocycles. The maximum Gasteiger partial charge on any atom is 0.418 e. The molecule has 2 amide bonds. The number of carbonyl (C=O) groups is 2. The molecule has 1 aliphatic heterocycles. The second-order valence-corrected chi connectivity index (χ2v) is 9.42. The number of benzene rings is 1. The Labute approximate surface area is 235 Å². The minimum absolute atomic E-state index is 0.0425. The van der Waals surface area contributed by atoms with Crippen molar-refractivity contribution in [2.24, 2.45) is 0 Å². The lowest BCUT2D eigenvalue weighted by molar-refractivity contribution is -0.144. The molecular formula is C27H25F6N5O3. The monoisotopic (exact) mass is 584 g/mol. The number of hydrogen-bond donors (Lipinski definition) is 1. The fourth-order valence-electron chi connectivity index (χ4n) is 4.71. The van der Waals surface area contributed by atoms with Crippen LogP contribution in [-0.4, -0.2) is 51.5 Å². The van der Waals surface area contributed by atoms with E-state index in [1.165, 1.54) is 30.0 Å². The second-order valence-electron chi connectivity index (χ2n) is 9.42. The van der Waals surface area contributed by atoms with E-state index >= 15 is 0 Å². The summed E-state index contributed by atoms with van der Waals surface area (Å²) >= 11 is 0. The molecule has 1 saturated heterocycles. The first kappa shape index (κ1) is 25.7. The molecule has 0 radical (unpaired) electrons. The SMILES string of the molecule is [2H]C([2H])([2H])Oc1cccc([C@@H]2[C@H](NC(=O)c3ccc(C)nn3)CCN2C(=O)Cc2ncc(C(F)(F)F)cc2C(F)(F)F)c1C. The third-order valence-corrected chi connectivity index (χ3v) is 6.74. The van der Waals surface area contributed by atoms with Crippen molar-refractivity contribution in [2.75, 3.05) is 13.6 Å². The highest BCUT2D eigenvalue weighted by Crippen LogP contribution is 2.39. The van der Waals surface area contributed by atoms with Crippen LogP contribution < -0.4 is 10.1 Å². The van der Waals surface area contributed by atoms with Gasteiger partial charge in [-0.2, -0.15) is 31.4 Å². The van der Waals surface area contributed by atoms with Crippen LogP contribution in [0.4, 0.5) is 26.3 Å². The molecular weight excluding hydrogens is 556 g/mol. The van der Waals surface area contributed by atoms with Crippen LogP contribution in [0.25, 0.3) is 0 Å². The van der Waals surface area contributed by atoms with Gasteiger partial charge < -0.3 is 15.0 Å². The number of alkyl halides is 6. The molecule has 1 fully saturated rings. The van der Waals surface area contributed by atoms with E-state index < -0.39 is 66.5 Å². The van der Waals surface area contributed by atoms with Gasteiger partial charge in [0.2, 0.25) is 5.91 Å². The van der Waals surface area contributed by atoms with Crippen molar-refractivity contribution < 1.29 is 44.8 Å². The van der Waals surface area contributed by atoms with Gasteiger partial charge in [-0.25, -0.2) is 0 Å². The fraction of sp³-hybridized carbons (Fsp3) is 0.370. The molecule has 0 saturated carbocycles. The van der Waals surface area contributed by atoms with Crippen molar-refractivity contribution in [3.8, 4) is 5.75 Å². The van der Waals surface area contributed by atoms with Gasteiger partial charge in [-0.3, -0.25) is 14.6 Å². The highest BCUT2D eigenvalue weighted by Gasteiger charge is 2.43. The van der Waals surface area contributed by atoms with Crippen molar-refractivity contribution in [2.45, 2.75) is 51.1 Å². The molecule has 14 heteroatoms. The van der Waals surface area contributed by atoms with Crippen LogP contribution in [0.15, 0.2) is 42.6 Å². The summed E-state index contributed by atoms with van der Waals surface area (Å²) in [5.74, 6) is -1.63. The maximum atomic E-state index is 13.8. The fourth-order valence-corrected chi connectivity index (χ4v) is 4.71. The Morgan fingerprint density at radius 1 is 1.10 bits per heavy atom. The van der Waals surface area contributed by atoms with Gasteiger partial charge in [-0.15, -0.1) is 5.10 Å². The lowest BCUT2D eigenvalue weighted by Gasteiger charge is -2.31. The van der Waals surface area contributed by atoms with Gasteiger partial charge in [-0.05, 0) is 55.7 Å². The number of ether oxygens (including phenoxy) is 1. The number of aryl methyl sites for hydroxylation is 1. The number of aromatic nitrogens is 3. The van der Waals surface area contributed by atoms with Gasteiger partial charge in [0.15, 0.2) is 5.69 Å². The molecule has 3 heterocycles. The molecule has 2 atom stereocenters. The highest BCUT2D eigenvalue weighted by atomic mass is 19.4. The molecule has 1 aromatic carbocycles. The molecule has 4 rings (SSSR count). The number of carbonyl (C=O) groups excluding carboxylic acids is 2. The van der Waals surface area contributed by atoms with Crippen molar-refractivity contribution in [1.82, 2.24) is 25.4 Å². The van der Waals surface area contributed by atoms with Gasteiger partial charge in [0.1, 0.15) is 5.75 Å². The lowest BCUT2D eigenvalue weighted by atomic mass is 9.94. The number of halogens is 6. The van der Waals surface area contributed by atoms with E-state index in [4.69, 9.17) is 8.85 Å². The predicted molar refractivity (Wildman–Crippen MR) is 133 cm³/mol. The molecule has 0 bridgehead atoms. The lowest BCUT2D eigenvalue weighted by Crippen LogP contribution is -2.42. The Morgan fingerprint density at radius 3 is 2.49 bits per heavy atom. The summed E-state index contributed by atoms with van der Waals surface area (Å²) in [4.78, 5) is 31.1. The Bertz CT molecular complexity index is 1550. The zero-order chi connectivity index (χ0) is 32.6. The van der Waals surface area contributed by atoms with Gasteiger partial charge >= 0.3 is 12.4 Å². The summed E-state index contributed by atoms with van der Waals surface area (Å²) in [5.41, 5.74) is -3.12. The zero-order valence-corrected chi connectivity index (χ0v) is 21.6. The van der Waals surface area contributed by atoms with E-state index in [0.717, 1.165) is 0 Å². The topological polar surface area (TPSA) is 97.3 Å². The standard InChI is InChI=1S/C27H25F6N5O3/c1-14-7-8-20(37-36-14)25(40)35-19-9-10-38(24(19)17-5-4-6-22(41-3)15(17)2)23(39)12-21-18(27(31,32)33)11-16(13-34-21)26(28,29)30/h4-8,11,13,19,24H,9-10,12H2,1-3H3,(H,35,40)/t19-,24-/m1/s1/i3D3. The molecule has 1 aliphatic rings. The third kappa shape index (κ3) is 6.41. The Kier molecular flexibility index (Phi) is 7.11. The number of nitrogens with zero attached hydrogens (tertiary/aromatic N) is 4. The Morgan fingerprint density at radius 2 is 1.85 bits per heavy atom. The van der Waals surface area contributed by atoms with Gasteiger partial charge in [-0.1, -0.05) is 12.1 Å². The van der Waals surface area contributed by atoms with Crippen LogP contribution in [0.3, 0.4) is 0 Å². The number of likely N-dealkylation sites (tertiary alicyclic amines) is 1. The van der Waals surface area contributed by atoms with Crippen molar-refractivity contribution in [3.63, 3.8) is 0 Å². The number of nitrogens with one attached hydrogen (secondary N) is 1. The highest BCUT2D eigenvalue weighted by molar-refractivity contribution is 5.92. The minimum Gasteiger partial charge on any atom is -0.496 e. The largest absolute Gasteiger partial charge is 0.496 e. The van der Waals surface area contributed by atoms with E-state index in [0.29, 0.717) is 11.3 Å². The normalized spacial score (nSPS) is 18.8. The van der Waals surface area contributed by atoms with E-state index in [2.05, 4.69) is 20.5 Å². The van der Waals surface area contributed by atoms with Crippen LogP contribution in [0, 0.1) is 13.8 Å². The number of methoxy groups -OCH3 is 1. The Balaban J connectivity index is 1.72. The van der Waals surface area contributed by atoms with Gasteiger partial charge in [0.25, 0.3) is 5.91 Å². The molecule has 8 nitrogen and oxygen atoms in total. The molecule has 3 aromatic rings. The summed E-state index contributed by atoms with van der Waals surface area (Å²) in [7, 11) is -2.82. The number of hydrogen-bond acceptors (Lipinski definition) is 6. The first-order valence-corrected chi connectivity index (χ1v) is 12.2. The maximum absolute atomic E-state index is 13.8. The molecule has 1 N–H and O–H groups in total. The summed E-state index contributed by atoms with van der Waals surface area (Å²) in [6.07, 6.45) is -11.0.